The van der Waals surface area contributed by atoms with E-state index in [1.807, 2.05) is 6.07 Å². The molecule has 1 aromatic rings. The molecule has 0 spiro atoms. The summed E-state index contributed by atoms with van der Waals surface area (Å²) < 4.78 is 0. The van der Waals surface area contributed by atoms with Gasteiger partial charge < -0.3 is 11.1 Å². The summed E-state index contributed by atoms with van der Waals surface area (Å²) in [5.74, 6) is 0.660. The Labute approximate surface area is 158 Å². The summed E-state index contributed by atoms with van der Waals surface area (Å²) >= 11 is 0. The van der Waals surface area contributed by atoms with Crippen LogP contribution in [-0.4, -0.2) is 29.4 Å². The van der Waals surface area contributed by atoms with Crippen LogP contribution in [0.4, 0.5) is 0 Å². The fourth-order valence-corrected chi connectivity index (χ4v) is 2.96. The largest absolute Gasteiger partial charge is 0.350 e. The Bertz CT molecular complexity index is 517. The molecule has 1 aliphatic rings. The first kappa shape index (κ1) is 23.2. The number of hydrogen-bond donors (Lipinski definition) is 2. The van der Waals surface area contributed by atoms with E-state index in [1.165, 1.54) is 30.5 Å². The van der Waals surface area contributed by atoms with E-state index < -0.39 is 5.54 Å². The lowest BCUT2D eigenvalue weighted by Gasteiger charge is -2.31. The minimum absolute atomic E-state index is 0. The highest BCUT2D eigenvalue weighted by atomic mass is 35.5. The number of hydrogen-bond acceptors (Lipinski definition) is 3. The van der Waals surface area contributed by atoms with Crippen LogP contribution in [0.5, 0.6) is 0 Å². The van der Waals surface area contributed by atoms with E-state index in [1.54, 1.807) is 13.8 Å². The Morgan fingerprint density at radius 1 is 1.29 bits per heavy atom. The second-order valence-electron chi connectivity index (χ2n) is 7.16. The van der Waals surface area contributed by atoms with Crippen LogP contribution in [0.15, 0.2) is 24.3 Å². The molecule has 1 fully saturated rings. The molecule has 1 unspecified atom stereocenters. The zero-order chi connectivity index (χ0) is 16.2. The maximum absolute atomic E-state index is 11.9. The van der Waals surface area contributed by atoms with Gasteiger partial charge in [-0.05, 0) is 50.3 Å². The molecule has 1 amide bonds. The summed E-state index contributed by atoms with van der Waals surface area (Å²) in [4.78, 5) is 14.5. The number of benzene rings is 1. The Morgan fingerprint density at radius 3 is 2.50 bits per heavy atom. The van der Waals surface area contributed by atoms with Gasteiger partial charge in [-0.2, -0.15) is 0 Å². The molecule has 2 rings (SSSR count). The molecule has 0 bridgehead atoms. The molecule has 1 aromatic carbocycles. The Hall–Kier alpha value is -0.810. The normalized spacial score (nSPS) is 18.2. The molecule has 24 heavy (non-hydrogen) atoms. The van der Waals surface area contributed by atoms with Crippen molar-refractivity contribution in [1.29, 1.82) is 0 Å². The molecule has 1 heterocycles. The van der Waals surface area contributed by atoms with E-state index in [2.05, 4.69) is 35.3 Å². The van der Waals surface area contributed by atoms with Gasteiger partial charge in [0.1, 0.15) is 0 Å². The van der Waals surface area contributed by atoms with Gasteiger partial charge in [0, 0.05) is 19.6 Å². The van der Waals surface area contributed by atoms with Gasteiger partial charge in [0.2, 0.25) is 5.91 Å². The van der Waals surface area contributed by atoms with Crippen molar-refractivity contribution in [2.24, 2.45) is 11.7 Å². The van der Waals surface area contributed by atoms with Crippen LogP contribution in [0.2, 0.25) is 0 Å². The lowest BCUT2D eigenvalue weighted by molar-refractivity contribution is -0.125. The quantitative estimate of drug-likeness (QED) is 0.830. The van der Waals surface area contributed by atoms with Gasteiger partial charge in [-0.1, -0.05) is 31.2 Å². The van der Waals surface area contributed by atoms with Crippen molar-refractivity contribution in [3.05, 3.63) is 35.4 Å². The van der Waals surface area contributed by atoms with Crippen LogP contribution < -0.4 is 11.1 Å². The van der Waals surface area contributed by atoms with Crippen molar-refractivity contribution in [1.82, 2.24) is 10.2 Å². The zero-order valence-electron chi connectivity index (χ0n) is 14.9. The number of rotatable bonds is 5. The molecule has 0 saturated carbocycles. The minimum atomic E-state index is -0.836. The number of piperidine rings is 1. The molecule has 0 aromatic heterocycles. The average molecular weight is 376 g/mol. The number of carbonyl (C=O) groups excluding carboxylic acids is 1. The summed E-state index contributed by atoms with van der Waals surface area (Å²) in [7, 11) is 0. The van der Waals surface area contributed by atoms with Crippen LogP contribution >= 0.6 is 24.8 Å². The minimum Gasteiger partial charge on any atom is -0.350 e. The highest BCUT2D eigenvalue weighted by Crippen LogP contribution is 2.19. The molecule has 3 N–H and O–H groups in total. The van der Waals surface area contributed by atoms with Crippen molar-refractivity contribution in [3.8, 4) is 0 Å². The molecule has 6 heteroatoms. The van der Waals surface area contributed by atoms with E-state index in [0.717, 1.165) is 19.0 Å². The highest BCUT2D eigenvalue weighted by Gasteiger charge is 2.22. The van der Waals surface area contributed by atoms with Crippen LogP contribution in [-0.2, 0) is 17.9 Å². The van der Waals surface area contributed by atoms with Crippen molar-refractivity contribution in [2.75, 3.05) is 13.1 Å². The number of nitrogens with zero attached hydrogens (tertiary/aromatic N) is 1. The number of nitrogens with one attached hydrogen (secondary N) is 1. The second-order valence-corrected chi connectivity index (χ2v) is 7.16. The van der Waals surface area contributed by atoms with Gasteiger partial charge in [-0.25, -0.2) is 0 Å². The van der Waals surface area contributed by atoms with Crippen molar-refractivity contribution >= 4 is 30.7 Å². The lowest BCUT2D eigenvalue weighted by atomic mass is 9.99. The molecule has 4 nitrogen and oxygen atoms in total. The number of halogens is 2. The van der Waals surface area contributed by atoms with Gasteiger partial charge in [0.25, 0.3) is 0 Å². The van der Waals surface area contributed by atoms with Gasteiger partial charge in [-0.3, -0.25) is 9.69 Å². The number of likely N-dealkylation sites (tertiary alicyclic amines) is 1. The summed E-state index contributed by atoms with van der Waals surface area (Å²) in [6.45, 7) is 9.60. The molecule has 1 atom stereocenters. The van der Waals surface area contributed by atoms with E-state index in [9.17, 15) is 4.79 Å². The smallest absolute Gasteiger partial charge is 0.239 e. The van der Waals surface area contributed by atoms with E-state index in [4.69, 9.17) is 5.73 Å². The third-order valence-electron chi connectivity index (χ3n) is 4.28. The van der Waals surface area contributed by atoms with Crippen molar-refractivity contribution in [2.45, 2.75) is 52.2 Å². The fourth-order valence-electron chi connectivity index (χ4n) is 2.96. The Morgan fingerprint density at radius 2 is 1.92 bits per heavy atom. The predicted molar refractivity (Wildman–Crippen MR) is 105 cm³/mol. The first-order valence-corrected chi connectivity index (χ1v) is 8.22. The molecular formula is C18H31Cl2N3O. The molecule has 1 aliphatic heterocycles. The van der Waals surface area contributed by atoms with Crippen LogP contribution in [0.1, 0.15) is 44.7 Å². The highest BCUT2D eigenvalue weighted by molar-refractivity contribution is 5.86. The zero-order valence-corrected chi connectivity index (χ0v) is 16.5. The van der Waals surface area contributed by atoms with Crippen molar-refractivity contribution in [3.63, 3.8) is 0 Å². The van der Waals surface area contributed by atoms with Crippen LogP contribution in [0, 0.1) is 5.92 Å². The van der Waals surface area contributed by atoms with Crippen molar-refractivity contribution < 1.29 is 4.79 Å². The SMILES string of the molecule is CC1CCCN(Cc2ccccc2CNC(=O)C(C)(C)N)C1.Cl.Cl. The number of nitrogens with two attached hydrogens (primary N) is 1. The Balaban J connectivity index is 0.00000264. The first-order chi connectivity index (χ1) is 10.4. The van der Waals surface area contributed by atoms with Crippen LogP contribution in [0.3, 0.4) is 0 Å². The lowest BCUT2D eigenvalue weighted by Crippen LogP contribution is -2.48. The number of amides is 1. The number of carbonyl (C=O) groups is 1. The summed E-state index contributed by atoms with van der Waals surface area (Å²) in [5.41, 5.74) is 7.47. The van der Waals surface area contributed by atoms with E-state index in [0.29, 0.717) is 6.54 Å². The molecular weight excluding hydrogens is 345 g/mol. The first-order valence-electron chi connectivity index (χ1n) is 8.22. The maximum atomic E-state index is 11.9. The summed E-state index contributed by atoms with van der Waals surface area (Å²) in [5, 5.41) is 2.94. The molecule has 138 valence electrons. The van der Waals surface area contributed by atoms with E-state index in [-0.39, 0.29) is 30.7 Å². The third kappa shape index (κ3) is 6.98. The topological polar surface area (TPSA) is 58.4 Å². The monoisotopic (exact) mass is 375 g/mol. The second kappa shape index (κ2) is 10.2. The molecule has 0 radical (unpaired) electrons. The van der Waals surface area contributed by atoms with Gasteiger partial charge in [-0.15, -0.1) is 24.8 Å². The van der Waals surface area contributed by atoms with Crippen LogP contribution in [0.25, 0.3) is 0 Å². The maximum Gasteiger partial charge on any atom is 0.239 e. The summed E-state index contributed by atoms with van der Waals surface area (Å²) in [6.07, 6.45) is 2.61. The van der Waals surface area contributed by atoms with Gasteiger partial charge >= 0.3 is 0 Å². The summed E-state index contributed by atoms with van der Waals surface area (Å²) in [6, 6.07) is 8.35. The van der Waals surface area contributed by atoms with Gasteiger partial charge in [0.05, 0.1) is 5.54 Å². The molecule has 0 aliphatic carbocycles. The standard InChI is InChI=1S/C18H29N3O.2ClH/c1-14-7-6-10-21(12-14)13-16-9-5-4-8-15(16)11-20-17(22)18(2,3)19;;/h4-5,8-9,14H,6-7,10-13,19H2,1-3H3,(H,20,22);2*1H. The van der Waals surface area contributed by atoms with E-state index >= 15 is 0 Å². The van der Waals surface area contributed by atoms with Gasteiger partial charge in [0.15, 0.2) is 0 Å². The molecule has 1 saturated heterocycles. The average Bonchev–Trinajstić information content (AvgIpc) is 2.45. The Kier molecular flexibility index (Phi) is 9.90. The predicted octanol–water partition coefficient (Wildman–Crippen LogP) is 3.12. The fraction of sp³-hybridized carbons (Fsp3) is 0.611. The third-order valence-corrected chi connectivity index (χ3v) is 4.28.